The predicted molar refractivity (Wildman–Crippen MR) is 122 cm³/mol. The van der Waals surface area contributed by atoms with E-state index in [0.29, 0.717) is 18.5 Å². The van der Waals surface area contributed by atoms with Crippen molar-refractivity contribution < 1.29 is 9.31 Å². The summed E-state index contributed by atoms with van der Waals surface area (Å²) < 4.78 is 7.84. The molecule has 1 aliphatic heterocycles. The van der Waals surface area contributed by atoms with Gasteiger partial charge in [-0.15, -0.1) is 0 Å². The van der Waals surface area contributed by atoms with Crippen LogP contribution in [0.25, 0.3) is 4.85 Å². The Bertz CT molecular complexity index is 923. The fourth-order valence-electron chi connectivity index (χ4n) is 3.51. The zero-order valence-corrected chi connectivity index (χ0v) is 18.9. The lowest BCUT2D eigenvalue weighted by atomic mass is 10.0. The zero-order valence-electron chi connectivity index (χ0n) is 18.1. The van der Waals surface area contributed by atoms with Crippen molar-refractivity contribution in [2.45, 2.75) is 62.3 Å². The summed E-state index contributed by atoms with van der Waals surface area (Å²) in [6.45, 7) is 9.37. The van der Waals surface area contributed by atoms with E-state index in [9.17, 15) is 0 Å². The van der Waals surface area contributed by atoms with E-state index in [4.69, 9.17) is 4.74 Å². The first-order valence-corrected chi connectivity index (χ1v) is 11.5. The second-order valence-corrected chi connectivity index (χ2v) is 8.74. The number of hydrogen-bond acceptors (Lipinski definition) is 5. The van der Waals surface area contributed by atoms with Crippen molar-refractivity contribution in [3.8, 4) is 12.1 Å². The second kappa shape index (κ2) is 11.1. The van der Waals surface area contributed by atoms with Crippen LogP contribution in [0.2, 0.25) is 0 Å². The van der Waals surface area contributed by atoms with E-state index in [1.165, 1.54) is 25.7 Å². The molecule has 0 saturated heterocycles. The van der Waals surface area contributed by atoms with Crippen molar-refractivity contribution in [3.05, 3.63) is 41.1 Å². The van der Waals surface area contributed by atoms with Gasteiger partial charge in [-0.3, -0.25) is 0 Å². The molecule has 3 atom stereocenters. The molecular formula is C23H31N5OS+2. The summed E-state index contributed by atoms with van der Waals surface area (Å²) >= 11 is 1.65. The number of aromatic nitrogens is 3. The van der Waals surface area contributed by atoms with Gasteiger partial charge in [-0.25, -0.2) is 9.97 Å². The molecule has 2 aromatic heterocycles. The third-order valence-electron chi connectivity index (χ3n) is 5.27. The van der Waals surface area contributed by atoms with Crippen LogP contribution in [-0.2, 0) is 0 Å². The van der Waals surface area contributed by atoms with Crippen LogP contribution in [0.5, 0.6) is 6.01 Å². The lowest BCUT2D eigenvalue weighted by molar-refractivity contribution is -0.446. The Balaban J connectivity index is 1.65. The molecule has 1 aliphatic rings. The van der Waals surface area contributed by atoms with Crippen LogP contribution < -0.4 is 4.74 Å². The maximum atomic E-state index is 5.87. The first-order chi connectivity index (χ1) is 14.6. The molecule has 7 heteroatoms. The number of ether oxygens (including phenoxy) is 1. The number of pyridine rings is 1. The van der Waals surface area contributed by atoms with Crippen molar-refractivity contribution in [1.82, 2.24) is 15.0 Å². The van der Waals surface area contributed by atoms with Crippen LogP contribution >= 0.6 is 11.8 Å². The highest BCUT2D eigenvalue weighted by atomic mass is 32.2. The highest BCUT2D eigenvalue weighted by molar-refractivity contribution is 8.00. The third kappa shape index (κ3) is 5.57. The molecule has 0 amide bonds. The van der Waals surface area contributed by atoms with Gasteiger partial charge in [0.05, 0.1) is 12.3 Å². The Labute approximate surface area is 183 Å². The summed E-state index contributed by atoms with van der Waals surface area (Å²) in [6.07, 6.45) is 9.64. The van der Waals surface area contributed by atoms with Crippen molar-refractivity contribution >= 4 is 24.2 Å². The summed E-state index contributed by atoms with van der Waals surface area (Å²) in [5.74, 6) is 0.471. The summed E-state index contributed by atoms with van der Waals surface area (Å²) in [4.78, 5) is 17.6. The van der Waals surface area contributed by atoms with Gasteiger partial charge >= 0.3 is 6.01 Å². The maximum absolute atomic E-state index is 5.87. The van der Waals surface area contributed by atoms with E-state index < -0.39 is 0 Å². The molecule has 6 nitrogen and oxygen atoms in total. The molecule has 3 rings (SSSR count). The molecule has 2 aromatic rings. The van der Waals surface area contributed by atoms with Crippen molar-refractivity contribution in [3.63, 3.8) is 0 Å². The average molecular weight is 426 g/mol. The fraction of sp³-hybridized carbons (Fsp3) is 0.522. The monoisotopic (exact) mass is 425 g/mol. The number of nitrogens with zero attached hydrogens (tertiary/aromatic N) is 5. The topological polar surface area (TPSA) is 55.3 Å². The minimum atomic E-state index is -0.176. The fourth-order valence-corrected chi connectivity index (χ4v) is 4.74. The minimum absolute atomic E-state index is 0.0278. The van der Waals surface area contributed by atoms with Crippen LogP contribution in [0.4, 0.5) is 5.69 Å². The van der Waals surface area contributed by atoms with Gasteiger partial charge in [-0.1, -0.05) is 44.4 Å². The van der Waals surface area contributed by atoms with Crippen molar-refractivity contribution in [2.75, 3.05) is 13.7 Å². The van der Waals surface area contributed by atoms with Gasteiger partial charge in [0, 0.05) is 18.5 Å². The molecule has 0 saturated carbocycles. The lowest BCUT2D eigenvalue weighted by Crippen LogP contribution is -2.22. The van der Waals surface area contributed by atoms with Crippen LogP contribution in [0.3, 0.4) is 0 Å². The molecule has 0 fully saturated rings. The van der Waals surface area contributed by atoms with Crippen molar-refractivity contribution in [1.29, 1.82) is 0 Å². The molecule has 0 N–H and O–H groups in total. The Hall–Kier alpha value is -2.46. The second-order valence-electron chi connectivity index (χ2n) is 7.64. The van der Waals surface area contributed by atoms with E-state index in [0.717, 1.165) is 22.8 Å². The van der Waals surface area contributed by atoms with E-state index in [1.54, 1.807) is 31.2 Å². The Kier molecular flexibility index (Phi) is 8.21. The van der Waals surface area contributed by atoms with Crippen LogP contribution in [0.15, 0.2) is 35.6 Å². The van der Waals surface area contributed by atoms with E-state index >= 15 is 0 Å². The van der Waals surface area contributed by atoms with Crippen LogP contribution in [0.1, 0.15) is 57.6 Å². The van der Waals surface area contributed by atoms with Gasteiger partial charge in [-0.2, -0.15) is 9.56 Å². The first-order valence-electron chi connectivity index (χ1n) is 10.7. The van der Waals surface area contributed by atoms with Gasteiger partial charge in [-0.05, 0) is 36.2 Å². The van der Waals surface area contributed by atoms with Gasteiger partial charge < -0.3 is 4.74 Å². The number of unbranched alkanes of at least 4 members (excludes halogenated alkanes) is 2. The van der Waals surface area contributed by atoms with E-state index in [2.05, 4.69) is 46.4 Å². The highest BCUT2D eigenvalue weighted by Gasteiger charge is 2.44. The highest BCUT2D eigenvalue weighted by Crippen LogP contribution is 2.45. The molecule has 30 heavy (non-hydrogen) atoms. The predicted octanol–water partition coefficient (Wildman–Crippen LogP) is 5.38. The van der Waals surface area contributed by atoms with Gasteiger partial charge in [0.2, 0.25) is 17.0 Å². The van der Waals surface area contributed by atoms with E-state index in [1.807, 2.05) is 22.8 Å². The number of hydrogen-bond donors (Lipinski definition) is 0. The molecule has 0 bridgehead atoms. The van der Waals surface area contributed by atoms with Crippen LogP contribution in [0, 0.1) is 12.0 Å². The summed E-state index contributed by atoms with van der Waals surface area (Å²) in [6, 6.07) is 9.44. The average Bonchev–Trinajstić information content (AvgIpc) is 3.09. The Morgan fingerprint density at radius 1 is 1.27 bits per heavy atom. The number of thioether (sulfide) groups is 1. The molecule has 0 radical (unpaired) electrons. The molecule has 3 unspecified atom stereocenters. The Morgan fingerprint density at radius 3 is 2.90 bits per heavy atom. The largest absolute Gasteiger partial charge is 0.463 e. The standard InChI is InChI=1S/C23H31N5OS/c1-5-6-7-9-17(2)12-15-29-23-26-14-11-19(27-23)18(16-24-3)22-28(4)20-10-8-13-25-21(20)30-22/h8,10-11,13-14,17-18,22H,4-7,9,12,15H2,1-3H3/q+2. The SMILES string of the molecule is C=[N+]1c2cccnc2SC1C(C#[N+]C)c1ccnc(OCCC(C)CCCCC)n1. The summed E-state index contributed by atoms with van der Waals surface area (Å²) in [5, 5.41) is 0.933. The smallest absolute Gasteiger partial charge is 0.316 e. The van der Waals surface area contributed by atoms with Gasteiger partial charge in [0.1, 0.15) is 6.72 Å². The minimum Gasteiger partial charge on any atom is -0.463 e. The molecule has 158 valence electrons. The van der Waals surface area contributed by atoms with E-state index in [-0.39, 0.29) is 11.3 Å². The molecule has 0 aromatic carbocycles. The number of fused-ring (bicyclic) bond motifs is 1. The quantitative estimate of drug-likeness (QED) is 0.378. The molecule has 0 spiro atoms. The molecular weight excluding hydrogens is 394 g/mol. The zero-order chi connectivity index (χ0) is 21.3. The Morgan fingerprint density at radius 2 is 2.13 bits per heavy atom. The van der Waals surface area contributed by atoms with Crippen molar-refractivity contribution in [2.24, 2.45) is 5.92 Å². The lowest BCUT2D eigenvalue weighted by Gasteiger charge is -2.13. The molecule has 0 aliphatic carbocycles. The summed E-state index contributed by atoms with van der Waals surface area (Å²) in [7, 11) is 1.73. The first kappa shape index (κ1) is 22.2. The summed E-state index contributed by atoms with van der Waals surface area (Å²) in [5.41, 5.74) is 1.83. The van der Waals surface area contributed by atoms with Crippen LogP contribution in [-0.4, -0.2) is 45.3 Å². The normalized spacial score (nSPS) is 17.0. The third-order valence-corrected chi connectivity index (χ3v) is 6.58. The molecule has 3 heterocycles. The maximum Gasteiger partial charge on any atom is 0.316 e. The van der Waals surface area contributed by atoms with Gasteiger partial charge in [0.25, 0.3) is 13.1 Å². The van der Waals surface area contributed by atoms with Gasteiger partial charge in [0.15, 0.2) is 5.03 Å². The number of rotatable bonds is 10.